The van der Waals surface area contributed by atoms with Crippen molar-refractivity contribution in [3.63, 3.8) is 0 Å². The summed E-state index contributed by atoms with van der Waals surface area (Å²) in [6, 6.07) is 31.9. The zero-order chi connectivity index (χ0) is 38.0. The van der Waals surface area contributed by atoms with Crippen LogP contribution in [0, 0.1) is 0 Å². The topological polar surface area (TPSA) is 52.6 Å². The molecule has 0 aliphatic heterocycles. The number of hydrogen-bond donors (Lipinski definition) is 0. The van der Waals surface area contributed by atoms with Gasteiger partial charge in [0, 0.05) is 22.6 Å². The molecule has 0 amide bonds. The Morgan fingerprint density at radius 2 is 1.17 bits per heavy atom. The molecule has 1 aliphatic rings. The average molecular weight is 737 g/mol. The third kappa shape index (κ3) is 7.17. The Labute approximate surface area is 324 Å². The molecule has 0 unspecified atom stereocenters. The Balaban J connectivity index is 1.29. The first-order chi connectivity index (χ1) is 26.0. The van der Waals surface area contributed by atoms with E-state index in [1.807, 2.05) is 6.07 Å². The molecule has 5 heteroatoms. The quantitative estimate of drug-likeness (QED) is 0.0456. The van der Waals surface area contributed by atoms with E-state index in [1.165, 1.54) is 83.4 Å². The number of esters is 2. The summed E-state index contributed by atoms with van der Waals surface area (Å²) < 4.78 is 10.6. The van der Waals surface area contributed by atoms with Gasteiger partial charge in [0.15, 0.2) is 0 Å². The Morgan fingerprint density at radius 1 is 0.630 bits per heavy atom. The summed E-state index contributed by atoms with van der Waals surface area (Å²) in [5, 5.41) is 8.47. The van der Waals surface area contributed by atoms with Crippen LogP contribution in [0.5, 0.6) is 0 Å². The fraction of sp³-hybridized carbons (Fsp3) is 0.306. The highest BCUT2D eigenvalue weighted by Crippen LogP contribution is 2.56. The fourth-order valence-electron chi connectivity index (χ4n) is 8.68. The maximum atomic E-state index is 11.7. The number of rotatable bonds is 15. The number of carbonyl (C=O) groups excluding carboxylic acids is 2. The summed E-state index contributed by atoms with van der Waals surface area (Å²) in [4.78, 5) is 23.3. The largest absolute Gasteiger partial charge is 0.463 e. The zero-order valence-electron chi connectivity index (χ0n) is 31.7. The Bertz CT molecular complexity index is 2330. The molecule has 1 aliphatic carbocycles. The highest BCUT2D eigenvalue weighted by Gasteiger charge is 2.42. The summed E-state index contributed by atoms with van der Waals surface area (Å²) >= 11 is 6.77. The van der Waals surface area contributed by atoms with Gasteiger partial charge in [0.1, 0.15) is 0 Å². The number of fused-ring (bicyclic) bond motifs is 3. The summed E-state index contributed by atoms with van der Waals surface area (Å²) in [6.45, 7) is 14.6. The number of unbranched alkanes of at least 4 members (excludes halogenated alkanes) is 4. The average Bonchev–Trinajstić information content (AvgIpc) is 3.43. The maximum Gasteiger partial charge on any atom is 0.330 e. The number of hydrogen-bond acceptors (Lipinski definition) is 4. The molecule has 0 heterocycles. The van der Waals surface area contributed by atoms with Crippen LogP contribution < -0.4 is 0 Å². The lowest BCUT2D eigenvalue weighted by Gasteiger charge is -2.33. The molecule has 4 nitrogen and oxygen atoms in total. The molecule has 0 atom stereocenters. The molecule has 0 saturated carbocycles. The number of benzene rings is 6. The molecule has 0 aromatic heterocycles. The molecule has 7 rings (SSSR count). The summed E-state index contributed by atoms with van der Waals surface area (Å²) in [5.41, 5.74) is 8.72. The van der Waals surface area contributed by atoms with Crippen LogP contribution in [0.25, 0.3) is 54.6 Å². The van der Waals surface area contributed by atoms with Gasteiger partial charge in [-0.1, -0.05) is 138 Å². The fourth-order valence-corrected chi connectivity index (χ4v) is 8.85. The first-order valence-corrected chi connectivity index (χ1v) is 19.7. The van der Waals surface area contributed by atoms with E-state index in [9.17, 15) is 9.59 Å². The monoisotopic (exact) mass is 736 g/mol. The van der Waals surface area contributed by atoms with Crippen molar-refractivity contribution in [3.05, 3.63) is 132 Å². The molecule has 0 N–H and O–H groups in total. The van der Waals surface area contributed by atoms with Crippen LogP contribution in [-0.2, 0) is 29.9 Å². The molecular weight excluding hydrogens is 688 g/mol. The van der Waals surface area contributed by atoms with Crippen LogP contribution in [0.2, 0.25) is 5.02 Å². The highest BCUT2D eigenvalue weighted by atomic mass is 35.5. The molecular formula is C49H49ClO4. The van der Waals surface area contributed by atoms with E-state index in [-0.39, 0.29) is 22.8 Å². The lowest BCUT2D eigenvalue weighted by molar-refractivity contribution is -0.138. The lowest BCUT2D eigenvalue weighted by Crippen LogP contribution is -2.25. The third-order valence-electron chi connectivity index (χ3n) is 11.4. The van der Waals surface area contributed by atoms with E-state index in [0.29, 0.717) is 13.2 Å². The van der Waals surface area contributed by atoms with Gasteiger partial charge in [-0.15, -0.1) is 0 Å². The van der Waals surface area contributed by atoms with Gasteiger partial charge in [0.25, 0.3) is 0 Å². The van der Waals surface area contributed by atoms with Crippen molar-refractivity contribution in [1.29, 1.82) is 0 Å². The zero-order valence-corrected chi connectivity index (χ0v) is 32.5. The van der Waals surface area contributed by atoms with E-state index in [1.54, 1.807) is 0 Å². The highest BCUT2D eigenvalue weighted by molar-refractivity contribution is 6.31. The SMILES string of the molecule is C=CC(=O)OCCCCCC1(CCCCCOC(=O)C=C)c2cc(Cl)ccc2-c2ccc(-c3ccc4ccc5cc(C(C)(C)C)cc6ccc3c4c56)cc21. The standard InChI is InChI=1S/C49H49ClO4/c1-6-44(51)53-26-12-8-10-24-49(25-11-9-13-27-54-45(52)7-2)42-30-33(17-21-39(42)40-23-19-37(50)31-43(40)49)38-20-16-32-14-15-34-28-36(48(3,4)5)29-35-18-22-41(38)47(32)46(34)35/h6-7,14-23,28-31H,1-2,8-13,24-27H2,3-5H3. The second-order valence-corrected chi connectivity index (χ2v) is 16.3. The smallest absolute Gasteiger partial charge is 0.330 e. The van der Waals surface area contributed by atoms with Crippen molar-refractivity contribution in [1.82, 2.24) is 0 Å². The van der Waals surface area contributed by atoms with Crippen LogP contribution in [-0.4, -0.2) is 25.2 Å². The molecule has 0 fully saturated rings. The van der Waals surface area contributed by atoms with Gasteiger partial charge < -0.3 is 9.47 Å². The van der Waals surface area contributed by atoms with Gasteiger partial charge in [-0.2, -0.15) is 0 Å². The van der Waals surface area contributed by atoms with Crippen LogP contribution >= 0.6 is 11.6 Å². The van der Waals surface area contributed by atoms with Gasteiger partial charge in [0.2, 0.25) is 0 Å². The number of carbonyl (C=O) groups is 2. The van der Waals surface area contributed by atoms with E-state index in [0.717, 1.165) is 56.4 Å². The van der Waals surface area contributed by atoms with Crippen molar-refractivity contribution in [3.8, 4) is 22.3 Å². The van der Waals surface area contributed by atoms with Crippen LogP contribution in [0.3, 0.4) is 0 Å². The molecule has 276 valence electrons. The van der Waals surface area contributed by atoms with Gasteiger partial charge in [-0.05, 0) is 121 Å². The normalized spacial score (nSPS) is 13.3. The second-order valence-electron chi connectivity index (χ2n) is 15.8. The first kappa shape index (κ1) is 37.4. The van der Waals surface area contributed by atoms with Crippen molar-refractivity contribution in [2.24, 2.45) is 0 Å². The van der Waals surface area contributed by atoms with E-state index < -0.39 is 0 Å². The van der Waals surface area contributed by atoms with Crippen LogP contribution in [0.1, 0.15) is 88.8 Å². The lowest BCUT2D eigenvalue weighted by atomic mass is 9.70. The van der Waals surface area contributed by atoms with E-state index in [4.69, 9.17) is 21.1 Å². The maximum absolute atomic E-state index is 11.7. The van der Waals surface area contributed by atoms with Gasteiger partial charge >= 0.3 is 11.9 Å². The molecule has 0 radical (unpaired) electrons. The Hall–Kier alpha value is -4.93. The van der Waals surface area contributed by atoms with Crippen LogP contribution in [0.15, 0.2) is 110 Å². The Kier molecular flexibility index (Phi) is 10.7. The summed E-state index contributed by atoms with van der Waals surface area (Å²) in [6.07, 6.45) is 9.68. The van der Waals surface area contributed by atoms with Gasteiger partial charge in [0.05, 0.1) is 13.2 Å². The molecule has 6 aromatic carbocycles. The van der Waals surface area contributed by atoms with Gasteiger partial charge in [-0.25, -0.2) is 9.59 Å². The Morgan fingerprint density at radius 3 is 1.78 bits per heavy atom. The minimum atomic E-state index is -0.382. The minimum Gasteiger partial charge on any atom is -0.463 e. The first-order valence-electron chi connectivity index (χ1n) is 19.3. The summed E-state index contributed by atoms with van der Waals surface area (Å²) in [7, 11) is 0. The van der Waals surface area contributed by atoms with Crippen molar-refractivity contribution in [2.45, 2.75) is 83.0 Å². The molecule has 54 heavy (non-hydrogen) atoms. The summed E-state index contributed by atoms with van der Waals surface area (Å²) in [5.74, 6) is -0.764. The van der Waals surface area contributed by atoms with Crippen molar-refractivity contribution >= 4 is 55.9 Å². The number of halogens is 1. The van der Waals surface area contributed by atoms with Crippen molar-refractivity contribution in [2.75, 3.05) is 13.2 Å². The third-order valence-corrected chi connectivity index (χ3v) is 11.7. The van der Waals surface area contributed by atoms with E-state index in [2.05, 4.69) is 113 Å². The second kappa shape index (κ2) is 15.4. The van der Waals surface area contributed by atoms with Gasteiger partial charge in [-0.3, -0.25) is 0 Å². The predicted octanol–water partition coefficient (Wildman–Crippen LogP) is 13.0. The molecule has 0 saturated heterocycles. The minimum absolute atomic E-state index is 0.0605. The molecule has 6 aromatic rings. The molecule has 0 spiro atoms. The van der Waals surface area contributed by atoms with Crippen molar-refractivity contribution < 1.29 is 19.1 Å². The molecule has 0 bridgehead atoms. The number of ether oxygens (including phenoxy) is 2. The van der Waals surface area contributed by atoms with E-state index >= 15 is 0 Å². The predicted molar refractivity (Wildman–Crippen MR) is 225 cm³/mol. The van der Waals surface area contributed by atoms with Crippen LogP contribution in [0.4, 0.5) is 0 Å².